The molecule has 0 spiro atoms. The summed E-state index contributed by atoms with van der Waals surface area (Å²) in [5.41, 5.74) is 0. The van der Waals surface area contributed by atoms with Crippen LogP contribution in [-0.4, -0.2) is 23.9 Å². The summed E-state index contributed by atoms with van der Waals surface area (Å²) in [4.78, 5) is 0. The van der Waals surface area contributed by atoms with Gasteiger partial charge in [-0.25, -0.2) is 0 Å². The second-order valence-electron chi connectivity index (χ2n) is 0. The van der Waals surface area contributed by atoms with Gasteiger partial charge in [0, 0.05) is 0 Å². The van der Waals surface area contributed by atoms with Gasteiger partial charge in [-0.2, -0.15) is 0 Å². The smallest absolute Gasteiger partial charge is 0.0734 e. The predicted octanol–water partition coefficient (Wildman–Crippen LogP) is -6.28. The fourth-order valence-corrected chi connectivity index (χ4v) is 0. The maximum atomic E-state index is 2.25. The molecule has 0 aliphatic carbocycles. The van der Waals surface area contributed by atoms with Gasteiger partial charge >= 0.3 is 29.6 Å². The normalized spacial score (nSPS) is 1.25. The molecule has 18 valence electrons. The molecule has 0 aromatic rings. The first-order valence-corrected chi connectivity index (χ1v) is 0. The molecule has 4 heavy (non-hydrogen) atoms. The molecule has 0 aliphatic heterocycles. The first-order valence-electron chi connectivity index (χ1n) is 0. The van der Waals surface area contributed by atoms with Gasteiger partial charge in [0.2, 0.25) is 0 Å². The summed E-state index contributed by atoms with van der Waals surface area (Å²) in [5, 5.41) is 0. The molecule has 0 unspecified atom stereocenters. The van der Waals surface area contributed by atoms with Gasteiger partial charge in [0.25, 0.3) is 0 Å². The average Bonchev–Trinajstić information content (AvgIpc) is 1.00. The largest absolute Gasteiger partial charge is 1.00 e. The SMILES string of the molecule is B.B[BH3-].[Na+]. The fraction of sp³-hybridized carbons (Fsp3) is 0. The van der Waals surface area contributed by atoms with E-state index in [1.807, 2.05) is 0 Å². The Balaban J connectivity index is -0.00000000500. The van der Waals surface area contributed by atoms with Crippen LogP contribution in [-0.2, 0) is 0 Å². The molecule has 0 N–H and O–H groups in total. The van der Waals surface area contributed by atoms with Crippen molar-refractivity contribution in [3.63, 3.8) is 0 Å². The Morgan fingerprint density at radius 1 is 1.25 bits per heavy atom. The Bertz CT molecular complexity index is 3.25. The molecule has 0 amide bonds. The Morgan fingerprint density at radius 2 is 1.25 bits per heavy atom. The van der Waals surface area contributed by atoms with Crippen molar-refractivity contribution < 1.29 is 29.6 Å². The van der Waals surface area contributed by atoms with Crippen LogP contribution in [0.25, 0.3) is 0 Å². The van der Waals surface area contributed by atoms with Gasteiger partial charge < -0.3 is 0 Å². The summed E-state index contributed by atoms with van der Waals surface area (Å²) in [5.74, 6) is 0. The zero-order valence-electron chi connectivity index (χ0n) is 2.00. The topological polar surface area (TPSA) is 0 Å². The van der Waals surface area contributed by atoms with E-state index >= 15 is 0 Å². The molecule has 0 rings (SSSR count). The molecule has 0 aromatic carbocycles. The van der Waals surface area contributed by atoms with Gasteiger partial charge in [-0.05, 0) is 0 Å². The Morgan fingerprint density at radius 3 is 1.25 bits per heavy atom. The zero-order valence-corrected chi connectivity index (χ0v) is 4.00. The molecule has 0 atom stereocenters. The van der Waals surface area contributed by atoms with Gasteiger partial charge in [-0.3, -0.25) is 0 Å². The van der Waals surface area contributed by atoms with Crippen LogP contribution in [0.3, 0.4) is 0 Å². The van der Waals surface area contributed by atoms with Crippen molar-refractivity contribution in [2.45, 2.75) is 0 Å². The third-order valence-electron chi connectivity index (χ3n) is 0. The summed E-state index contributed by atoms with van der Waals surface area (Å²) in [7, 11) is 3.00. The first kappa shape index (κ1) is 19.0. The molecule has 0 nitrogen and oxygen atoms in total. The molecule has 0 fully saturated rings. The number of rotatable bonds is 0. The van der Waals surface area contributed by atoms with Crippen molar-refractivity contribution in [3.8, 4) is 0 Å². The standard InChI is InChI=1S/B2H5.BH3.Na/c1-2;;/h1H2,2H3;1H3;/q-1;;+1. The van der Waals surface area contributed by atoms with E-state index in [1.54, 1.807) is 0 Å². The first-order chi connectivity index (χ1) is 1.00. The van der Waals surface area contributed by atoms with E-state index in [1.165, 1.54) is 0 Å². The third kappa shape index (κ3) is 10.8. The molecule has 0 bridgehead atoms. The molecular formula is H8B3Na. The number of hydrogen-bond acceptors (Lipinski definition) is 0. The summed E-state index contributed by atoms with van der Waals surface area (Å²) in [6.45, 7) is 0. The van der Waals surface area contributed by atoms with Crippen LogP contribution in [0.5, 0.6) is 0 Å². The van der Waals surface area contributed by atoms with Crippen molar-refractivity contribution in [1.29, 1.82) is 0 Å². The molecule has 0 radical (unpaired) electrons. The van der Waals surface area contributed by atoms with Crippen LogP contribution in [0.2, 0.25) is 0 Å². The monoisotopic (exact) mass is 64.1 g/mol. The molecule has 4 heteroatoms. The summed E-state index contributed by atoms with van der Waals surface area (Å²) < 4.78 is 0. The fourth-order valence-electron chi connectivity index (χ4n) is 0. The Kier molecular flexibility index (Phi) is 142. The maximum absolute atomic E-state index is 2.25. The van der Waals surface area contributed by atoms with Crippen LogP contribution in [0, 0.1) is 0 Å². The van der Waals surface area contributed by atoms with E-state index < -0.39 is 0 Å². The van der Waals surface area contributed by atoms with Crippen LogP contribution >= 0.6 is 0 Å². The van der Waals surface area contributed by atoms with Crippen LogP contribution < -0.4 is 29.6 Å². The van der Waals surface area contributed by atoms with E-state index in [4.69, 9.17) is 0 Å². The van der Waals surface area contributed by atoms with Gasteiger partial charge in [0.1, 0.15) is 0 Å². The van der Waals surface area contributed by atoms with Crippen molar-refractivity contribution in [2.24, 2.45) is 0 Å². The predicted molar refractivity (Wildman–Crippen MR) is 28.4 cm³/mol. The molecule has 0 saturated heterocycles. The zero-order chi connectivity index (χ0) is 2.00. The third-order valence-corrected chi connectivity index (χ3v) is 0. The Labute approximate surface area is 53.4 Å². The summed E-state index contributed by atoms with van der Waals surface area (Å²) in [6.07, 6.45) is 0. The molecule has 0 heterocycles. The summed E-state index contributed by atoms with van der Waals surface area (Å²) in [6, 6.07) is 0. The minimum Gasteiger partial charge on any atom is -0.0734 e. The van der Waals surface area contributed by atoms with E-state index in [0.717, 1.165) is 7.74 Å². The Hall–Kier alpha value is 1.19. The quantitative estimate of drug-likeness (QED) is 0.246. The van der Waals surface area contributed by atoms with Gasteiger partial charge in [0.15, 0.2) is 0 Å². The minimum absolute atomic E-state index is 0. The number of hydrogen-bond donors (Lipinski definition) is 0. The molecule has 0 aliphatic rings. The average molecular weight is 63.5 g/mol. The van der Waals surface area contributed by atoms with Crippen LogP contribution in [0.1, 0.15) is 0 Å². The molecular weight excluding hydrogens is 55.4 g/mol. The molecule has 0 aromatic heterocycles. The van der Waals surface area contributed by atoms with Gasteiger partial charge in [-0.1, -0.05) is 15.5 Å². The second-order valence-corrected chi connectivity index (χ2v) is 0. The van der Waals surface area contributed by atoms with Crippen molar-refractivity contribution >= 4 is 23.9 Å². The van der Waals surface area contributed by atoms with Crippen molar-refractivity contribution in [2.75, 3.05) is 0 Å². The second kappa shape index (κ2) is 30.0. The van der Waals surface area contributed by atoms with Gasteiger partial charge in [-0.15, -0.1) is 0 Å². The van der Waals surface area contributed by atoms with Crippen molar-refractivity contribution in [1.82, 2.24) is 0 Å². The minimum atomic E-state index is 0. The van der Waals surface area contributed by atoms with E-state index in [9.17, 15) is 0 Å². The van der Waals surface area contributed by atoms with Gasteiger partial charge in [0.05, 0.1) is 8.41 Å². The molecule has 0 saturated carbocycles. The van der Waals surface area contributed by atoms with E-state index in [0.29, 0.717) is 0 Å². The van der Waals surface area contributed by atoms with Crippen LogP contribution in [0.4, 0.5) is 0 Å². The van der Waals surface area contributed by atoms with E-state index in [-0.39, 0.29) is 38.0 Å². The van der Waals surface area contributed by atoms with Crippen LogP contribution in [0.15, 0.2) is 0 Å². The van der Waals surface area contributed by atoms with E-state index in [2.05, 4.69) is 7.74 Å². The maximum Gasteiger partial charge on any atom is 1.00 e. The van der Waals surface area contributed by atoms with Crippen molar-refractivity contribution in [3.05, 3.63) is 0 Å². The summed E-state index contributed by atoms with van der Waals surface area (Å²) >= 11 is 0.